The molecule has 1 heterocycles. The molecule has 0 bridgehead atoms. The fourth-order valence-electron chi connectivity index (χ4n) is 1.98. The topological polar surface area (TPSA) is 69.7 Å². The molecular weight excluding hydrogens is 335 g/mol. The minimum Gasteiger partial charge on any atom is -0.342 e. The summed E-state index contributed by atoms with van der Waals surface area (Å²) in [6.07, 6.45) is 0. The number of rotatable bonds is 2. The second-order valence-corrected chi connectivity index (χ2v) is 6.32. The van der Waals surface area contributed by atoms with Crippen molar-refractivity contribution >= 4 is 28.4 Å². The van der Waals surface area contributed by atoms with E-state index in [1.165, 1.54) is 28.0 Å². The van der Waals surface area contributed by atoms with E-state index >= 15 is 0 Å². The molecule has 2 rings (SSSR count). The Morgan fingerprint density at radius 1 is 1.26 bits per heavy atom. The number of carbonyl (C=O) groups excluding carboxylic acids is 2. The van der Waals surface area contributed by atoms with Gasteiger partial charge in [-0.3, -0.25) is 4.79 Å². The first-order valence-corrected chi connectivity index (χ1v) is 7.72. The summed E-state index contributed by atoms with van der Waals surface area (Å²) in [6, 6.07) is 4.27. The third kappa shape index (κ3) is 4.01. The quantitative estimate of drug-likeness (QED) is 0.882. The number of urea groups is 1. The average Bonchev–Trinajstić information content (AvgIpc) is 2.49. The number of para-hydroxylation sites is 1. The standard InChI is InChI=1S/C13H14F3N3O3S/c1-18-6-7-19(8-11(18)20)12(21)17-9-4-2-3-5-10(9)23(22)13(14,15)16/h2-5H,6-8H2,1H3,(H,17,21). The molecule has 1 N–H and O–H groups in total. The van der Waals surface area contributed by atoms with Crippen molar-refractivity contribution in [3.63, 3.8) is 0 Å². The number of alkyl halides is 3. The number of hydrogen-bond donors (Lipinski definition) is 1. The Labute approximate surface area is 132 Å². The van der Waals surface area contributed by atoms with Crippen molar-refractivity contribution in [2.75, 3.05) is 32.0 Å². The zero-order valence-corrected chi connectivity index (χ0v) is 12.9. The Kier molecular flexibility index (Phi) is 4.93. The third-order valence-electron chi connectivity index (χ3n) is 3.28. The van der Waals surface area contributed by atoms with Gasteiger partial charge in [-0.2, -0.15) is 13.2 Å². The molecule has 1 aliphatic heterocycles. The zero-order chi connectivity index (χ0) is 17.2. The highest BCUT2D eigenvalue weighted by Crippen LogP contribution is 2.30. The molecule has 1 aromatic carbocycles. The number of piperazine rings is 1. The molecule has 10 heteroatoms. The molecular formula is C13H14F3N3O3S. The number of benzene rings is 1. The Bertz CT molecular complexity index is 651. The van der Waals surface area contributed by atoms with Crippen molar-refractivity contribution in [1.29, 1.82) is 0 Å². The molecule has 1 aliphatic rings. The van der Waals surface area contributed by atoms with Crippen LogP contribution in [0.15, 0.2) is 29.2 Å². The molecule has 0 saturated carbocycles. The van der Waals surface area contributed by atoms with E-state index < -0.39 is 27.2 Å². The van der Waals surface area contributed by atoms with Crippen molar-refractivity contribution in [2.24, 2.45) is 0 Å². The number of nitrogens with one attached hydrogen (secondary N) is 1. The summed E-state index contributed by atoms with van der Waals surface area (Å²) in [5.41, 5.74) is -5.12. The van der Waals surface area contributed by atoms with Crippen molar-refractivity contribution < 1.29 is 27.0 Å². The Morgan fingerprint density at radius 2 is 1.91 bits per heavy atom. The van der Waals surface area contributed by atoms with E-state index in [9.17, 15) is 27.0 Å². The molecule has 0 aliphatic carbocycles. The summed E-state index contributed by atoms with van der Waals surface area (Å²) in [4.78, 5) is 25.8. The van der Waals surface area contributed by atoms with Crippen LogP contribution in [-0.4, -0.2) is 58.1 Å². The van der Waals surface area contributed by atoms with E-state index in [-0.39, 0.29) is 24.7 Å². The van der Waals surface area contributed by atoms with Crippen molar-refractivity contribution in [2.45, 2.75) is 10.4 Å². The van der Waals surface area contributed by atoms with Gasteiger partial charge in [-0.1, -0.05) is 12.1 Å². The highest BCUT2D eigenvalue weighted by molar-refractivity contribution is 7.86. The number of anilines is 1. The van der Waals surface area contributed by atoms with Crippen LogP contribution in [-0.2, 0) is 15.6 Å². The monoisotopic (exact) mass is 349 g/mol. The van der Waals surface area contributed by atoms with Crippen molar-refractivity contribution in [1.82, 2.24) is 9.80 Å². The lowest BCUT2D eigenvalue weighted by atomic mass is 10.3. The summed E-state index contributed by atoms with van der Waals surface area (Å²) >= 11 is 0. The fraction of sp³-hybridized carbons (Fsp3) is 0.385. The number of likely N-dealkylation sites (N-methyl/N-ethyl adjacent to an activating group) is 1. The second kappa shape index (κ2) is 6.57. The normalized spacial score (nSPS) is 17.1. The lowest BCUT2D eigenvalue weighted by Gasteiger charge is -2.32. The number of nitrogens with zero attached hydrogens (tertiary/aromatic N) is 2. The molecule has 23 heavy (non-hydrogen) atoms. The van der Waals surface area contributed by atoms with E-state index in [0.717, 1.165) is 6.07 Å². The van der Waals surface area contributed by atoms with Gasteiger partial charge in [-0.25, -0.2) is 9.00 Å². The molecule has 1 fully saturated rings. The molecule has 3 amide bonds. The molecule has 1 aromatic rings. The van der Waals surface area contributed by atoms with E-state index in [1.54, 1.807) is 7.05 Å². The molecule has 0 radical (unpaired) electrons. The van der Waals surface area contributed by atoms with Gasteiger partial charge in [0.2, 0.25) is 5.91 Å². The minimum atomic E-state index is -4.93. The van der Waals surface area contributed by atoms with E-state index in [4.69, 9.17) is 0 Å². The van der Waals surface area contributed by atoms with Crippen LogP contribution < -0.4 is 5.32 Å². The predicted molar refractivity (Wildman–Crippen MR) is 77.1 cm³/mol. The summed E-state index contributed by atoms with van der Waals surface area (Å²) in [5, 5.41) is 2.29. The van der Waals surface area contributed by atoms with Crippen LogP contribution in [0.2, 0.25) is 0 Å². The van der Waals surface area contributed by atoms with Crippen LogP contribution in [0.4, 0.5) is 23.7 Å². The molecule has 6 nitrogen and oxygen atoms in total. The molecule has 0 aromatic heterocycles. The first kappa shape index (κ1) is 17.3. The number of carbonyl (C=O) groups is 2. The van der Waals surface area contributed by atoms with Crippen LogP contribution in [0.3, 0.4) is 0 Å². The second-order valence-electron chi connectivity index (χ2n) is 4.88. The van der Waals surface area contributed by atoms with Gasteiger partial charge in [0.1, 0.15) is 6.54 Å². The van der Waals surface area contributed by atoms with Gasteiger partial charge in [0, 0.05) is 20.1 Å². The van der Waals surface area contributed by atoms with Crippen LogP contribution in [0.25, 0.3) is 0 Å². The van der Waals surface area contributed by atoms with Gasteiger partial charge in [0.25, 0.3) is 0 Å². The van der Waals surface area contributed by atoms with Gasteiger partial charge in [0.15, 0.2) is 10.8 Å². The Morgan fingerprint density at radius 3 is 2.52 bits per heavy atom. The van der Waals surface area contributed by atoms with Crippen LogP contribution in [0.1, 0.15) is 0 Å². The minimum absolute atomic E-state index is 0.160. The van der Waals surface area contributed by atoms with E-state index in [2.05, 4.69) is 5.32 Å². The van der Waals surface area contributed by atoms with E-state index in [1.807, 2.05) is 0 Å². The van der Waals surface area contributed by atoms with Crippen LogP contribution in [0.5, 0.6) is 0 Å². The van der Waals surface area contributed by atoms with Crippen molar-refractivity contribution in [3.8, 4) is 0 Å². The summed E-state index contributed by atoms with van der Waals surface area (Å²) in [5.74, 6) is -0.265. The lowest BCUT2D eigenvalue weighted by molar-refractivity contribution is -0.133. The maximum atomic E-state index is 12.6. The SMILES string of the molecule is CN1CCN(C(=O)Nc2ccccc2S(=O)C(F)(F)F)CC1=O. The maximum Gasteiger partial charge on any atom is 0.475 e. The largest absolute Gasteiger partial charge is 0.475 e. The van der Waals surface area contributed by atoms with Crippen LogP contribution in [0, 0.1) is 0 Å². The molecule has 1 unspecified atom stereocenters. The molecule has 1 atom stereocenters. The summed E-state index contributed by atoms with van der Waals surface area (Å²) in [7, 11) is -1.66. The van der Waals surface area contributed by atoms with Crippen LogP contribution >= 0.6 is 0 Å². The van der Waals surface area contributed by atoms with Gasteiger partial charge < -0.3 is 15.1 Å². The van der Waals surface area contributed by atoms with Gasteiger partial charge in [-0.15, -0.1) is 0 Å². The van der Waals surface area contributed by atoms with Gasteiger partial charge >= 0.3 is 11.5 Å². The fourth-order valence-corrected chi connectivity index (χ4v) is 2.75. The molecule has 126 valence electrons. The molecule has 1 saturated heterocycles. The summed E-state index contributed by atoms with van der Waals surface area (Å²) < 4.78 is 49.4. The average molecular weight is 349 g/mol. The predicted octanol–water partition coefficient (Wildman–Crippen LogP) is 1.62. The van der Waals surface area contributed by atoms with Gasteiger partial charge in [-0.05, 0) is 12.1 Å². The van der Waals surface area contributed by atoms with Gasteiger partial charge in [0.05, 0.1) is 10.6 Å². The Balaban J connectivity index is 2.16. The summed E-state index contributed by atoms with van der Waals surface area (Å²) in [6.45, 7) is 0.438. The number of hydrogen-bond acceptors (Lipinski definition) is 3. The third-order valence-corrected chi connectivity index (χ3v) is 4.46. The molecule has 0 spiro atoms. The van der Waals surface area contributed by atoms with E-state index in [0.29, 0.717) is 6.54 Å². The lowest BCUT2D eigenvalue weighted by Crippen LogP contribution is -2.51. The van der Waals surface area contributed by atoms with Crippen molar-refractivity contribution in [3.05, 3.63) is 24.3 Å². The number of amides is 3. The first-order valence-electron chi connectivity index (χ1n) is 6.57. The highest BCUT2D eigenvalue weighted by Gasteiger charge is 2.39. The zero-order valence-electron chi connectivity index (χ0n) is 12.1. The number of halogens is 3. The first-order chi connectivity index (χ1) is 10.7. The maximum absolute atomic E-state index is 12.6. The highest BCUT2D eigenvalue weighted by atomic mass is 32.2. The smallest absolute Gasteiger partial charge is 0.342 e. The Hall–Kier alpha value is -2.10.